The van der Waals surface area contributed by atoms with Gasteiger partial charge >= 0.3 is 133 Å². The molecule has 0 saturated carbocycles. The van der Waals surface area contributed by atoms with Crippen LogP contribution < -0.4 is 0 Å². The Morgan fingerprint density at radius 1 is 0.368 bits per heavy atom. The van der Waals surface area contributed by atoms with Crippen molar-refractivity contribution in [3.8, 4) is 0 Å². The standard InChI is InChI=1S/C11H22.6CH3.2Sn/c1-3-5-7-9-11-10-8-6-4-2;;;;;;;;/h1-11H2;6*1H3;;. The summed E-state index contributed by atoms with van der Waals surface area (Å²) in [5.41, 5.74) is 0. The van der Waals surface area contributed by atoms with Crippen LogP contribution in [0.2, 0.25) is 38.5 Å². The molecule has 0 aliphatic rings. The first kappa shape index (κ1) is 20.6. The first-order chi connectivity index (χ1) is 8.71. The monoisotopic (exact) mass is 484 g/mol. The van der Waals surface area contributed by atoms with Gasteiger partial charge in [0.25, 0.3) is 0 Å². The van der Waals surface area contributed by atoms with E-state index >= 15 is 0 Å². The quantitative estimate of drug-likeness (QED) is 0.205. The fourth-order valence-corrected chi connectivity index (χ4v) is 10.0. The van der Waals surface area contributed by atoms with Crippen molar-refractivity contribution in [2.24, 2.45) is 0 Å². The second kappa shape index (κ2) is 11.2. The van der Waals surface area contributed by atoms with Gasteiger partial charge in [0.1, 0.15) is 0 Å². The van der Waals surface area contributed by atoms with E-state index in [1.165, 1.54) is 57.8 Å². The average Bonchev–Trinajstić information content (AvgIpc) is 2.22. The van der Waals surface area contributed by atoms with Crippen LogP contribution in [0.3, 0.4) is 0 Å². The van der Waals surface area contributed by atoms with Crippen molar-refractivity contribution in [2.75, 3.05) is 0 Å². The first-order valence-corrected chi connectivity index (χ1v) is 29.9. The molecule has 0 aliphatic carbocycles. The SMILES string of the molecule is [CH3][Sn]([CH3])([CH3])[CH2]CCCCCCCCC[CH2][Sn]([CH3])([CH3])[CH3]. The van der Waals surface area contributed by atoms with E-state index in [0.29, 0.717) is 0 Å². The molecule has 0 aromatic carbocycles. The second-order valence-electron chi connectivity index (χ2n) is 8.80. The third-order valence-electron chi connectivity index (χ3n) is 3.85. The minimum atomic E-state index is -1.42. The summed E-state index contributed by atoms with van der Waals surface area (Å²) < 4.78 is 3.21. The van der Waals surface area contributed by atoms with E-state index in [4.69, 9.17) is 0 Å². The second-order valence-corrected chi connectivity index (χ2v) is 40.9. The van der Waals surface area contributed by atoms with Crippen molar-refractivity contribution in [1.82, 2.24) is 0 Å². The zero-order valence-electron chi connectivity index (χ0n) is 14.8. The van der Waals surface area contributed by atoms with Gasteiger partial charge in [0.05, 0.1) is 0 Å². The Bertz CT molecular complexity index is 176. The number of rotatable bonds is 12. The molecule has 0 bridgehead atoms. The van der Waals surface area contributed by atoms with Gasteiger partial charge in [-0.25, -0.2) is 0 Å². The summed E-state index contributed by atoms with van der Waals surface area (Å²) in [6, 6.07) is 0. The summed E-state index contributed by atoms with van der Waals surface area (Å²) in [6.07, 6.45) is 13.6. The Labute approximate surface area is 132 Å². The predicted octanol–water partition coefficient (Wildman–Crippen LogP) is 7.17. The van der Waals surface area contributed by atoms with Crippen LogP contribution in [0.15, 0.2) is 0 Å². The molecule has 0 aromatic heterocycles. The van der Waals surface area contributed by atoms with Gasteiger partial charge in [-0.1, -0.05) is 0 Å². The summed E-state index contributed by atoms with van der Waals surface area (Å²) in [5.74, 6) is 0. The van der Waals surface area contributed by atoms with E-state index in [-0.39, 0.29) is 0 Å². The van der Waals surface area contributed by atoms with Gasteiger partial charge < -0.3 is 0 Å². The Hall–Kier alpha value is 1.60. The zero-order valence-corrected chi connectivity index (χ0v) is 20.5. The summed E-state index contributed by atoms with van der Waals surface area (Å²) in [7, 11) is 0. The predicted molar refractivity (Wildman–Crippen MR) is 97.9 cm³/mol. The summed E-state index contributed by atoms with van der Waals surface area (Å²) in [4.78, 5) is 15.4. The Morgan fingerprint density at radius 3 is 0.789 bits per heavy atom. The van der Waals surface area contributed by atoms with Crippen LogP contribution in [0.5, 0.6) is 0 Å². The van der Waals surface area contributed by atoms with Crippen molar-refractivity contribution >= 4 is 36.8 Å². The van der Waals surface area contributed by atoms with E-state index in [1.807, 2.05) is 0 Å². The molecule has 0 saturated heterocycles. The van der Waals surface area contributed by atoms with E-state index in [9.17, 15) is 0 Å². The average molecular weight is 482 g/mol. The molecule has 0 heterocycles. The van der Waals surface area contributed by atoms with E-state index < -0.39 is 36.8 Å². The molecular weight excluding hydrogens is 442 g/mol. The van der Waals surface area contributed by atoms with Gasteiger partial charge in [-0.3, -0.25) is 0 Å². The third-order valence-corrected chi connectivity index (χ3v) is 14.4. The summed E-state index contributed by atoms with van der Waals surface area (Å²) in [5, 5.41) is 0. The van der Waals surface area contributed by atoms with Crippen molar-refractivity contribution in [3.63, 3.8) is 0 Å². The van der Waals surface area contributed by atoms with Gasteiger partial charge in [-0.05, 0) is 0 Å². The molecule has 0 amide bonds. The maximum absolute atomic E-state index is 2.57. The number of unbranched alkanes of at least 4 members (excludes halogenated alkanes) is 8. The third kappa shape index (κ3) is 19.6. The first-order valence-electron chi connectivity index (χ1n) is 8.71. The molecule has 0 nitrogen and oxygen atoms in total. The Morgan fingerprint density at radius 2 is 0.579 bits per heavy atom. The molecule has 0 N–H and O–H groups in total. The van der Waals surface area contributed by atoms with Gasteiger partial charge in [-0.2, -0.15) is 0 Å². The van der Waals surface area contributed by atoms with Gasteiger partial charge in [0, 0.05) is 0 Å². The molecule has 0 aliphatic heterocycles. The number of hydrogen-bond donors (Lipinski definition) is 0. The minimum absolute atomic E-state index is 1.42. The zero-order chi connectivity index (χ0) is 14.8. The maximum atomic E-state index is 2.57. The molecular formula is C17H40Sn2. The van der Waals surface area contributed by atoms with Crippen LogP contribution in [-0.4, -0.2) is 36.8 Å². The Balaban J connectivity index is 3.12. The van der Waals surface area contributed by atoms with Crippen LogP contribution in [0.1, 0.15) is 57.8 Å². The molecule has 0 rings (SSSR count). The van der Waals surface area contributed by atoms with Crippen molar-refractivity contribution in [2.45, 2.75) is 96.3 Å². The van der Waals surface area contributed by atoms with Crippen LogP contribution in [0.4, 0.5) is 0 Å². The van der Waals surface area contributed by atoms with E-state index in [1.54, 1.807) is 8.87 Å². The van der Waals surface area contributed by atoms with E-state index in [2.05, 4.69) is 29.6 Å². The molecule has 2 heteroatoms. The molecule has 19 heavy (non-hydrogen) atoms. The van der Waals surface area contributed by atoms with Crippen molar-refractivity contribution in [3.05, 3.63) is 0 Å². The summed E-state index contributed by atoms with van der Waals surface area (Å²) in [6.45, 7) is 0. The van der Waals surface area contributed by atoms with Crippen molar-refractivity contribution < 1.29 is 0 Å². The molecule has 116 valence electrons. The van der Waals surface area contributed by atoms with Crippen LogP contribution in [0, 0.1) is 0 Å². The van der Waals surface area contributed by atoms with Crippen LogP contribution >= 0.6 is 0 Å². The van der Waals surface area contributed by atoms with Crippen LogP contribution in [-0.2, 0) is 0 Å². The fraction of sp³-hybridized carbons (Fsp3) is 1.00. The summed E-state index contributed by atoms with van der Waals surface area (Å²) >= 11 is -2.85. The molecule has 0 unspecified atom stereocenters. The Kier molecular flexibility index (Phi) is 12.1. The molecule has 0 fully saturated rings. The topological polar surface area (TPSA) is 0 Å². The van der Waals surface area contributed by atoms with Crippen LogP contribution in [0.25, 0.3) is 0 Å². The molecule has 0 aromatic rings. The molecule has 0 atom stereocenters. The fourth-order valence-electron chi connectivity index (χ4n) is 2.55. The van der Waals surface area contributed by atoms with Crippen molar-refractivity contribution in [1.29, 1.82) is 0 Å². The van der Waals surface area contributed by atoms with Gasteiger partial charge in [0.15, 0.2) is 0 Å². The number of hydrogen-bond acceptors (Lipinski definition) is 0. The van der Waals surface area contributed by atoms with Gasteiger partial charge in [0.2, 0.25) is 0 Å². The molecule has 0 radical (unpaired) electrons. The normalized spacial score (nSPS) is 12.9. The molecule has 0 spiro atoms. The van der Waals surface area contributed by atoms with Gasteiger partial charge in [-0.15, -0.1) is 0 Å². The van der Waals surface area contributed by atoms with E-state index in [0.717, 1.165) is 0 Å².